The molecule has 1 N–H and O–H groups in total. The zero-order chi connectivity index (χ0) is 20.9. The van der Waals surface area contributed by atoms with Crippen molar-refractivity contribution in [1.82, 2.24) is 9.88 Å². The van der Waals surface area contributed by atoms with Crippen LogP contribution in [0, 0.1) is 0 Å². The second-order valence-corrected chi connectivity index (χ2v) is 8.12. The van der Waals surface area contributed by atoms with Crippen molar-refractivity contribution < 1.29 is 14.3 Å². The second-order valence-electron chi connectivity index (χ2n) is 6.89. The van der Waals surface area contributed by atoms with Gasteiger partial charge in [0.1, 0.15) is 0 Å². The number of carbonyl (C=O) groups is 2. The first kappa shape index (κ1) is 20.2. The number of nitrogens with zero attached hydrogens (tertiary/aromatic N) is 2. The number of anilines is 2. The van der Waals surface area contributed by atoms with Gasteiger partial charge in [0.05, 0.1) is 28.9 Å². The SMILES string of the molecule is CCOC(=O)c1ccc(Nc2c(C(=O)N3CCSCC3)cnc3ccccc23)cc1. The zero-order valence-electron chi connectivity index (χ0n) is 16.8. The zero-order valence-corrected chi connectivity index (χ0v) is 17.6. The van der Waals surface area contributed by atoms with Crippen LogP contribution >= 0.6 is 11.8 Å². The maximum Gasteiger partial charge on any atom is 0.338 e. The summed E-state index contributed by atoms with van der Waals surface area (Å²) in [7, 11) is 0. The summed E-state index contributed by atoms with van der Waals surface area (Å²) in [5.41, 5.74) is 3.36. The fourth-order valence-electron chi connectivity index (χ4n) is 3.42. The Morgan fingerprint density at radius 1 is 1.10 bits per heavy atom. The predicted molar refractivity (Wildman–Crippen MR) is 121 cm³/mol. The van der Waals surface area contributed by atoms with Crippen molar-refractivity contribution in [2.45, 2.75) is 6.92 Å². The highest BCUT2D eigenvalue weighted by Gasteiger charge is 2.23. The summed E-state index contributed by atoms with van der Waals surface area (Å²) in [6, 6.07) is 14.8. The summed E-state index contributed by atoms with van der Waals surface area (Å²) in [4.78, 5) is 31.5. The highest BCUT2D eigenvalue weighted by atomic mass is 32.2. The van der Waals surface area contributed by atoms with E-state index in [-0.39, 0.29) is 11.9 Å². The third-order valence-electron chi connectivity index (χ3n) is 4.97. The monoisotopic (exact) mass is 421 g/mol. The molecule has 1 saturated heterocycles. The number of rotatable bonds is 5. The first-order chi connectivity index (χ1) is 14.7. The minimum Gasteiger partial charge on any atom is -0.462 e. The van der Waals surface area contributed by atoms with E-state index in [1.807, 2.05) is 53.1 Å². The molecule has 30 heavy (non-hydrogen) atoms. The molecule has 0 atom stereocenters. The number of para-hydroxylation sites is 1. The van der Waals surface area contributed by atoms with Crippen LogP contribution in [0.4, 0.5) is 11.4 Å². The lowest BCUT2D eigenvalue weighted by molar-refractivity contribution is 0.0526. The van der Waals surface area contributed by atoms with Crippen LogP contribution in [0.15, 0.2) is 54.7 Å². The largest absolute Gasteiger partial charge is 0.462 e. The Bertz CT molecular complexity index is 1060. The standard InChI is InChI=1S/C23H23N3O3S/c1-2-29-23(28)16-7-9-17(10-8-16)25-21-18-5-3-4-6-20(18)24-15-19(21)22(27)26-11-13-30-14-12-26/h3-10,15H,2,11-14H2,1H3,(H,24,25). The van der Waals surface area contributed by atoms with Gasteiger partial charge >= 0.3 is 5.97 Å². The Morgan fingerprint density at radius 3 is 2.57 bits per heavy atom. The van der Waals surface area contributed by atoms with Crippen molar-refractivity contribution in [2.24, 2.45) is 0 Å². The fraction of sp³-hybridized carbons (Fsp3) is 0.261. The number of fused-ring (bicyclic) bond motifs is 1. The van der Waals surface area contributed by atoms with Gasteiger partial charge in [-0.25, -0.2) is 4.79 Å². The highest BCUT2D eigenvalue weighted by Crippen LogP contribution is 2.30. The molecule has 1 aliphatic rings. The molecule has 0 saturated carbocycles. The number of hydrogen-bond acceptors (Lipinski definition) is 6. The van der Waals surface area contributed by atoms with Crippen LogP contribution in [0.3, 0.4) is 0 Å². The van der Waals surface area contributed by atoms with E-state index in [0.29, 0.717) is 17.7 Å². The van der Waals surface area contributed by atoms with Crippen LogP contribution in [-0.4, -0.2) is 53.0 Å². The van der Waals surface area contributed by atoms with Crippen molar-refractivity contribution in [3.8, 4) is 0 Å². The Hall–Kier alpha value is -3.06. The van der Waals surface area contributed by atoms with Crippen LogP contribution in [0.2, 0.25) is 0 Å². The smallest absolute Gasteiger partial charge is 0.338 e. The number of amides is 1. The molecule has 0 spiro atoms. The van der Waals surface area contributed by atoms with Crippen LogP contribution in [0.5, 0.6) is 0 Å². The molecule has 6 nitrogen and oxygen atoms in total. The van der Waals surface area contributed by atoms with Crippen molar-refractivity contribution in [2.75, 3.05) is 36.5 Å². The molecule has 1 aliphatic heterocycles. The number of esters is 1. The van der Waals surface area contributed by atoms with Crippen LogP contribution in [0.1, 0.15) is 27.6 Å². The molecule has 3 aromatic rings. The topological polar surface area (TPSA) is 71.5 Å². The van der Waals surface area contributed by atoms with E-state index in [9.17, 15) is 9.59 Å². The fourth-order valence-corrected chi connectivity index (χ4v) is 4.33. The van der Waals surface area contributed by atoms with Gasteiger partial charge in [-0.15, -0.1) is 0 Å². The molecule has 4 rings (SSSR count). The molecule has 2 aromatic carbocycles. The number of pyridine rings is 1. The van der Waals surface area contributed by atoms with E-state index in [2.05, 4.69) is 10.3 Å². The maximum atomic E-state index is 13.2. The molecule has 0 unspecified atom stereocenters. The van der Waals surface area contributed by atoms with Crippen molar-refractivity contribution in [3.63, 3.8) is 0 Å². The molecular weight excluding hydrogens is 398 g/mol. The van der Waals surface area contributed by atoms with E-state index in [4.69, 9.17) is 4.74 Å². The Morgan fingerprint density at radius 2 is 1.83 bits per heavy atom. The first-order valence-corrected chi connectivity index (χ1v) is 11.1. The summed E-state index contributed by atoms with van der Waals surface area (Å²) in [6.45, 7) is 3.60. The number of benzene rings is 2. The van der Waals surface area contributed by atoms with E-state index in [0.717, 1.165) is 46.9 Å². The number of ether oxygens (including phenoxy) is 1. The maximum absolute atomic E-state index is 13.2. The minimum absolute atomic E-state index is 0.0146. The van der Waals surface area contributed by atoms with Crippen molar-refractivity contribution in [1.29, 1.82) is 0 Å². The Balaban J connectivity index is 1.69. The number of hydrogen-bond donors (Lipinski definition) is 1. The van der Waals surface area contributed by atoms with Gasteiger partial charge in [-0.3, -0.25) is 9.78 Å². The average molecular weight is 422 g/mol. The lowest BCUT2D eigenvalue weighted by atomic mass is 10.1. The summed E-state index contributed by atoms with van der Waals surface area (Å²) in [5, 5.41) is 4.27. The number of nitrogens with one attached hydrogen (secondary N) is 1. The molecule has 2 heterocycles. The number of carbonyl (C=O) groups excluding carboxylic acids is 2. The second kappa shape index (κ2) is 9.17. The molecule has 0 aliphatic carbocycles. The van der Waals surface area contributed by atoms with Crippen LogP contribution in [-0.2, 0) is 4.74 Å². The summed E-state index contributed by atoms with van der Waals surface area (Å²) >= 11 is 1.86. The molecule has 0 radical (unpaired) electrons. The molecule has 1 fully saturated rings. The lowest BCUT2D eigenvalue weighted by Crippen LogP contribution is -2.38. The van der Waals surface area contributed by atoms with Gasteiger partial charge in [0, 0.05) is 41.9 Å². The van der Waals surface area contributed by atoms with Gasteiger partial charge in [0.15, 0.2) is 0 Å². The highest BCUT2D eigenvalue weighted by molar-refractivity contribution is 7.99. The van der Waals surface area contributed by atoms with Gasteiger partial charge < -0.3 is 15.0 Å². The van der Waals surface area contributed by atoms with Crippen LogP contribution in [0.25, 0.3) is 10.9 Å². The van der Waals surface area contributed by atoms with E-state index < -0.39 is 0 Å². The molecule has 7 heteroatoms. The van der Waals surface area contributed by atoms with Gasteiger partial charge in [-0.05, 0) is 37.3 Å². The third-order valence-corrected chi connectivity index (χ3v) is 5.91. The quantitative estimate of drug-likeness (QED) is 0.618. The van der Waals surface area contributed by atoms with E-state index in [1.165, 1.54) is 0 Å². The Kier molecular flexibility index (Phi) is 6.18. The predicted octanol–water partition coefficient (Wildman–Crippen LogP) is 4.34. The normalized spacial score (nSPS) is 13.8. The number of thioether (sulfide) groups is 1. The summed E-state index contributed by atoms with van der Waals surface area (Å²) in [6.07, 6.45) is 1.65. The first-order valence-electron chi connectivity index (χ1n) is 9.96. The minimum atomic E-state index is -0.350. The van der Waals surface area contributed by atoms with Gasteiger partial charge in [-0.1, -0.05) is 18.2 Å². The molecule has 1 aromatic heterocycles. The van der Waals surface area contributed by atoms with Gasteiger partial charge in [-0.2, -0.15) is 11.8 Å². The molecular formula is C23H23N3O3S. The van der Waals surface area contributed by atoms with E-state index >= 15 is 0 Å². The Labute approximate surface area is 179 Å². The lowest BCUT2D eigenvalue weighted by Gasteiger charge is -2.27. The van der Waals surface area contributed by atoms with Crippen molar-refractivity contribution >= 4 is 45.9 Å². The average Bonchev–Trinajstić information content (AvgIpc) is 2.80. The molecule has 0 bridgehead atoms. The van der Waals surface area contributed by atoms with Gasteiger partial charge in [0.2, 0.25) is 0 Å². The van der Waals surface area contributed by atoms with Crippen LogP contribution < -0.4 is 5.32 Å². The summed E-state index contributed by atoms with van der Waals surface area (Å²) in [5.74, 6) is 1.53. The summed E-state index contributed by atoms with van der Waals surface area (Å²) < 4.78 is 5.04. The van der Waals surface area contributed by atoms with Gasteiger partial charge in [0.25, 0.3) is 5.91 Å². The number of aromatic nitrogens is 1. The molecule has 1 amide bonds. The van der Waals surface area contributed by atoms with E-state index in [1.54, 1.807) is 25.3 Å². The third kappa shape index (κ3) is 4.26. The molecule has 154 valence electrons. The van der Waals surface area contributed by atoms with Crippen molar-refractivity contribution in [3.05, 3.63) is 65.9 Å².